The summed E-state index contributed by atoms with van der Waals surface area (Å²) in [6, 6.07) is 6.87. The monoisotopic (exact) mass is 300 g/mol. The molecule has 0 unspecified atom stereocenters. The van der Waals surface area contributed by atoms with Gasteiger partial charge in [-0.2, -0.15) is 0 Å². The molecular formula is C17H20N2O3. The van der Waals surface area contributed by atoms with Crippen LogP contribution in [0.2, 0.25) is 0 Å². The fourth-order valence-corrected chi connectivity index (χ4v) is 2.13. The van der Waals surface area contributed by atoms with Gasteiger partial charge in [-0.3, -0.25) is 9.59 Å². The maximum Gasteiger partial charge on any atom is 0.251 e. The molecule has 0 aliphatic carbocycles. The molecule has 0 saturated carbocycles. The standard InChI is InChI=1S/C17H20N2O3/c1-3-16(20)19(2)15-8-6-14(7-9-15)17(21)18-11-13-5-4-10-22-12-13/h3,5-9H,1,4,10-12H2,2H3,(H,18,21). The first-order chi connectivity index (χ1) is 10.6. The van der Waals surface area contributed by atoms with Crippen LogP contribution in [0.4, 0.5) is 5.69 Å². The fraction of sp³-hybridized carbons (Fsp3) is 0.294. The Balaban J connectivity index is 1.94. The number of carbonyl (C=O) groups excluding carboxylic acids is 2. The fourth-order valence-electron chi connectivity index (χ4n) is 2.13. The second kappa shape index (κ2) is 7.56. The first-order valence-corrected chi connectivity index (χ1v) is 7.16. The molecule has 116 valence electrons. The van der Waals surface area contributed by atoms with Crippen molar-refractivity contribution in [3.8, 4) is 0 Å². The molecule has 2 rings (SSSR count). The maximum absolute atomic E-state index is 12.1. The van der Waals surface area contributed by atoms with Gasteiger partial charge in [0.25, 0.3) is 5.91 Å². The van der Waals surface area contributed by atoms with E-state index in [4.69, 9.17) is 4.74 Å². The first-order valence-electron chi connectivity index (χ1n) is 7.16. The van der Waals surface area contributed by atoms with E-state index in [1.165, 1.54) is 11.0 Å². The highest BCUT2D eigenvalue weighted by Crippen LogP contribution is 2.14. The van der Waals surface area contributed by atoms with Crippen molar-refractivity contribution in [3.63, 3.8) is 0 Å². The number of anilines is 1. The molecule has 0 radical (unpaired) electrons. The molecule has 1 aromatic carbocycles. The Morgan fingerprint density at radius 2 is 2.09 bits per heavy atom. The molecule has 0 bridgehead atoms. The summed E-state index contributed by atoms with van der Waals surface area (Å²) in [7, 11) is 1.66. The molecule has 0 fully saturated rings. The third kappa shape index (κ3) is 4.05. The maximum atomic E-state index is 12.1. The highest BCUT2D eigenvalue weighted by atomic mass is 16.5. The summed E-state index contributed by atoms with van der Waals surface area (Å²) in [6.07, 6.45) is 4.24. The minimum Gasteiger partial charge on any atom is -0.377 e. The van der Waals surface area contributed by atoms with Crippen molar-refractivity contribution in [3.05, 3.63) is 54.1 Å². The second-order valence-corrected chi connectivity index (χ2v) is 5.03. The summed E-state index contributed by atoms with van der Waals surface area (Å²) in [5, 5.41) is 2.87. The number of likely N-dealkylation sites (N-methyl/N-ethyl adjacent to an activating group) is 1. The molecule has 2 amide bonds. The number of benzene rings is 1. The number of carbonyl (C=O) groups is 2. The van der Waals surface area contributed by atoms with Crippen molar-refractivity contribution < 1.29 is 14.3 Å². The van der Waals surface area contributed by atoms with E-state index in [0.717, 1.165) is 18.6 Å². The van der Waals surface area contributed by atoms with Crippen molar-refractivity contribution in [1.29, 1.82) is 0 Å². The number of rotatable bonds is 5. The van der Waals surface area contributed by atoms with Crippen LogP contribution in [0.3, 0.4) is 0 Å². The van der Waals surface area contributed by atoms with Crippen molar-refractivity contribution in [2.45, 2.75) is 6.42 Å². The summed E-state index contributed by atoms with van der Waals surface area (Å²) < 4.78 is 5.33. The normalized spacial score (nSPS) is 14.0. The molecule has 1 heterocycles. The van der Waals surface area contributed by atoms with Gasteiger partial charge < -0.3 is 15.0 Å². The van der Waals surface area contributed by atoms with Gasteiger partial charge in [0.05, 0.1) is 13.2 Å². The van der Waals surface area contributed by atoms with Crippen LogP contribution in [0.15, 0.2) is 48.6 Å². The Morgan fingerprint density at radius 3 is 2.68 bits per heavy atom. The lowest BCUT2D eigenvalue weighted by atomic mass is 10.1. The Bertz CT molecular complexity index is 590. The van der Waals surface area contributed by atoms with Gasteiger partial charge >= 0.3 is 0 Å². The van der Waals surface area contributed by atoms with Crippen LogP contribution in [0, 0.1) is 0 Å². The van der Waals surface area contributed by atoms with Crippen LogP contribution in [0.1, 0.15) is 16.8 Å². The summed E-state index contributed by atoms with van der Waals surface area (Å²) in [5.41, 5.74) is 2.36. The third-order valence-corrected chi connectivity index (χ3v) is 3.48. The van der Waals surface area contributed by atoms with Gasteiger partial charge in [0.1, 0.15) is 0 Å². The largest absolute Gasteiger partial charge is 0.377 e. The van der Waals surface area contributed by atoms with Gasteiger partial charge in [-0.1, -0.05) is 12.7 Å². The zero-order chi connectivity index (χ0) is 15.9. The van der Waals surface area contributed by atoms with E-state index in [1.807, 2.05) is 0 Å². The third-order valence-electron chi connectivity index (χ3n) is 3.48. The van der Waals surface area contributed by atoms with Crippen LogP contribution >= 0.6 is 0 Å². The Morgan fingerprint density at radius 1 is 1.36 bits per heavy atom. The van der Waals surface area contributed by atoms with Crippen molar-refractivity contribution >= 4 is 17.5 Å². The number of nitrogens with one attached hydrogen (secondary N) is 1. The highest BCUT2D eigenvalue weighted by molar-refractivity contribution is 6.01. The summed E-state index contributed by atoms with van der Waals surface area (Å²) >= 11 is 0. The Kier molecular flexibility index (Phi) is 5.49. The van der Waals surface area contributed by atoms with Crippen LogP contribution < -0.4 is 10.2 Å². The molecule has 1 aliphatic rings. The van der Waals surface area contributed by atoms with E-state index in [0.29, 0.717) is 24.4 Å². The van der Waals surface area contributed by atoms with E-state index < -0.39 is 0 Å². The average Bonchev–Trinajstić information content (AvgIpc) is 2.59. The number of ether oxygens (including phenoxy) is 1. The topological polar surface area (TPSA) is 58.6 Å². The molecule has 22 heavy (non-hydrogen) atoms. The van der Waals surface area contributed by atoms with Gasteiger partial charge in [-0.25, -0.2) is 0 Å². The van der Waals surface area contributed by atoms with Gasteiger partial charge in [0.15, 0.2) is 0 Å². The molecule has 0 aromatic heterocycles. The lowest BCUT2D eigenvalue weighted by molar-refractivity contribution is -0.113. The van der Waals surface area contributed by atoms with Gasteiger partial charge in [-0.05, 0) is 42.3 Å². The zero-order valence-corrected chi connectivity index (χ0v) is 12.7. The summed E-state index contributed by atoms with van der Waals surface area (Å²) in [6.45, 7) is 5.27. The number of amides is 2. The molecule has 0 spiro atoms. The van der Waals surface area contributed by atoms with Crippen LogP contribution in [0.25, 0.3) is 0 Å². The lowest BCUT2D eigenvalue weighted by Crippen LogP contribution is -2.28. The van der Waals surface area contributed by atoms with Crippen molar-refractivity contribution in [2.75, 3.05) is 31.7 Å². The van der Waals surface area contributed by atoms with E-state index >= 15 is 0 Å². The predicted molar refractivity (Wildman–Crippen MR) is 85.9 cm³/mol. The van der Waals surface area contributed by atoms with Gasteiger partial charge in [-0.15, -0.1) is 0 Å². The first kappa shape index (κ1) is 16.0. The molecule has 5 heteroatoms. The van der Waals surface area contributed by atoms with Gasteiger partial charge in [0, 0.05) is 24.8 Å². The zero-order valence-electron chi connectivity index (χ0n) is 12.7. The minimum absolute atomic E-state index is 0.143. The quantitative estimate of drug-likeness (QED) is 0.667. The molecule has 0 atom stereocenters. The predicted octanol–water partition coefficient (Wildman–Crippen LogP) is 1.91. The number of hydrogen-bond acceptors (Lipinski definition) is 3. The van der Waals surface area contributed by atoms with Crippen molar-refractivity contribution in [2.24, 2.45) is 0 Å². The Hall–Kier alpha value is -2.40. The smallest absolute Gasteiger partial charge is 0.251 e. The number of nitrogens with zero attached hydrogens (tertiary/aromatic N) is 1. The highest BCUT2D eigenvalue weighted by Gasteiger charge is 2.10. The average molecular weight is 300 g/mol. The van der Waals surface area contributed by atoms with E-state index in [1.54, 1.807) is 31.3 Å². The van der Waals surface area contributed by atoms with E-state index in [2.05, 4.69) is 18.0 Å². The molecule has 1 aliphatic heterocycles. The molecule has 1 aromatic rings. The summed E-state index contributed by atoms with van der Waals surface area (Å²) in [4.78, 5) is 25.1. The van der Waals surface area contributed by atoms with Crippen LogP contribution in [-0.4, -0.2) is 38.6 Å². The van der Waals surface area contributed by atoms with Crippen molar-refractivity contribution in [1.82, 2.24) is 5.32 Å². The molecule has 1 N–H and O–H groups in total. The van der Waals surface area contributed by atoms with Crippen LogP contribution in [0.5, 0.6) is 0 Å². The van der Waals surface area contributed by atoms with Gasteiger partial charge in [0.2, 0.25) is 5.91 Å². The molecule has 0 saturated heterocycles. The molecule has 5 nitrogen and oxygen atoms in total. The lowest BCUT2D eigenvalue weighted by Gasteiger charge is -2.16. The van der Waals surface area contributed by atoms with E-state index in [-0.39, 0.29) is 11.8 Å². The SMILES string of the molecule is C=CC(=O)N(C)c1ccc(C(=O)NCC2=CCCOC2)cc1. The Labute approximate surface area is 130 Å². The second-order valence-electron chi connectivity index (χ2n) is 5.03. The minimum atomic E-state index is -0.193. The molecular weight excluding hydrogens is 280 g/mol. The number of hydrogen-bond donors (Lipinski definition) is 1. The van der Waals surface area contributed by atoms with Crippen LogP contribution in [-0.2, 0) is 9.53 Å². The van der Waals surface area contributed by atoms with E-state index in [9.17, 15) is 9.59 Å². The summed E-state index contributed by atoms with van der Waals surface area (Å²) in [5.74, 6) is -0.336.